The molecular weight excluding hydrogens is 258 g/mol. The molecule has 2 unspecified atom stereocenters. The van der Waals surface area contributed by atoms with Crippen LogP contribution in [0.3, 0.4) is 0 Å². The molecule has 104 valence electrons. The van der Waals surface area contributed by atoms with Gasteiger partial charge in [-0.25, -0.2) is 8.42 Å². The minimum absolute atomic E-state index is 0.0916. The summed E-state index contributed by atoms with van der Waals surface area (Å²) in [5.74, 6) is -1.06. The maximum absolute atomic E-state index is 11.9. The summed E-state index contributed by atoms with van der Waals surface area (Å²) >= 11 is 0. The number of aliphatic carboxylic acids is 1. The average Bonchev–Trinajstić information content (AvgIpc) is 2.71. The molecule has 0 spiro atoms. The fraction of sp³-hybridized carbons (Fsp3) is 0.818. The summed E-state index contributed by atoms with van der Waals surface area (Å²) in [6.45, 7) is 2.37. The Labute approximate surface area is 107 Å². The topological polar surface area (TPSA) is 91.8 Å². The van der Waals surface area contributed by atoms with Crippen LogP contribution in [-0.4, -0.2) is 54.9 Å². The third-order valence-corrected chi connectivity index (χ3v) is 4.84. The molecule has 18 heavy (non-hydrogen) atoms. The summed E-state index contributed by atoms with van der Waals surface area (Å²) in [4.78, 5) is 23.9. The van der Waals surface area contributed by atoms with Crippen LogP contribution in [0.1, 0.15) is 26.2 Å². The monoisotopic (exact) mass is 277 g/mol. The summed E-state index contributed by atoms with van der Waals surface area (Å²) in [5.41, 5.74) is 0. The minimum atomic E-state index is -3.37. The van der Waals surface area contributed by atoms with Crippen LogP contribution in [0.2, 0.25) is 0 Å². The average molecular weight is 277 g/mol. The molecule has 1 heterocycles. The van der Waals surface area contributed by atoms with Gasteiger partial charge < -0.3 is 10.0 Å². The molecule has 1 aliphatic rings. The summed E-state index contributed by atoms with van der Waals surface area (Å²) in [6, 6.07) is 0. The van der Waals surface area contributed by atoms with Gasteiger partial charge in [-0.15, -0.1) is 0 Å². The molecule has 1 aliphatic heterocycles. The van der Waals surface area contributed by atoms with Crippen molar-refractivity contribution in [1.29, 1.82) is 0 Å². The molecule has 0 aliphatic carbocycles. The lowest BCUT2D eigenvalue weighted by Crippen LogP contribution is -2.39. The van der Waals surface area contributed by atoms with Crippen LogP contribution in [0, 0.1) is 5.92 Å². The zero-order chi connectivity index (χ0) is 13.9. The SMILES string of the molecule is CC(C(=O)N1CCC(CCC(=O)O)C1)S(C)(=O)=O. The standard InChI is InChI=1S/C11H19NO5S/c1-8(18(2,16)17)11(15)12-6-5-9(7-12)3-4-10(13)14/h8-9H,3-7H2,1-2H3,(H,13,14). The summed E-state index contributed by atoms with van der Waals surface area (Å²) < 4.78 is 22.6. The number of hydrogen-bond acceptors (Lipinski definition) is 4. The number of nitrogens with zero attached hydrogens (tertiary/aromatic N) is 1. The van der Waals surface area contributed by atoms with E-state index < -0.39 is 21.1 Å². The van der Waals surface area contributed by atoms with E-state index in [1.165, 1.54) is 11.8 Å². The Morgan fingerprint density at radius 2 is 2.06 bits per heavy atom. The zero-order valence-electron chi connectivity index (χ0n) is 10.6. The van der Waals surface area contributed by atoms with E-state index in [9.17, 15) is 18.0 Å². The van der Waals surface area contributed by atoms with E-state index in [2.05, 4.69) is 0 Å². The van der Waals surface area contributed by atoms with E-state index in [0.29, 0.717) is 19.5 Å². The first kappa shape index (κ1) is 14.9. The van der Waals surface area contributed by atoms with Gasteiger partial charge in [-0.05, 0) is 25.7 Å². The first-order valence-electron chi connectivity index (χ1n) is 5.91. The molecule has 1 amide bonds. The highest BCUT2D eigenvalue weighted by Crippen LogP contribution is 2.22. The van der Waals surface area contributed by atoms with Crippen LogP contribution in [0.15, 0.2) is 0 Å². The number of sulfone groups is 1. The third kappa shape index (κ3) is 3.97. The minimum Gasteiger partial charge on any atom is -0.481 e. The molecule has 0 radical (unpaired) electrons. The molecule has 6 nitrogen and oxygen atoms in total. The first-order valence-corrected chi connectivity index (χ1v) is 7.86. The van der Waals surface area contributed by atoms with Crippen molar-refractivity contribution in [3.63, 3.8) is 0 Å². The largest absolute Gasteiger partial charge is 0.481 e. The number of carboxylic acid groups (broad SMARTS) is 1. The van der Waals surface area contributed by atoms with Crippen molar-refractivity contribution >= 4 is 21.7 Å². The molecule has 1 saturated heterocycles. The highest BCUT2D eigenvalue weighted by molar-refractivity contribution is 7.92. The van der Waals surface area contributed by atoms with Gasteiger partial charge in [-0.1, -0.05) is 0 Å². The highest BCUT2D eigenvalue weighted by Gasteiger charge is 2.33. The molecule has 7 heteroatoms. The van der Waals surface area contributed by atoms with Crippen molar-refractivity contribution in [1.82, 2.24) is 4.90 Å². The number of carboxylic acids is 1. The van der Waals surface area contributed by atoms with Gasteiger partial charge in [-0.3, -0.25) is 9.59 Å². The Hall–Kier alpha value is -1.11. The van der Waals surface area contributed by atoms with Crippen LogP contribution in [0.4, 0.5) is 0 Å². The molecule has 1 rings (SSSR count). The van der Waals surface area contributed by atoms with E-state index in [4.69, 9.17) is 5.11 Å². The quantitative estimate of drug-likeness (QED) is 0.771. The van der Waals surface area contributed by atoms with Crippen molar-refractivity contribution in [3.8, 4) is 0 Å². The number of hydrogen-bond donors (Lipinski definition) is 1. The smallest absolute Gasteiger partial charge is 0.303 e. The second-order valence-electron chi connectivity index (χ2n) is 4.84. The molecule has 0 bridgehead atoms. The van der Waals surface area contributed by atoms with E-state index in [0.717, 1.165) is 12.7 Å². The van der Waals surface area contributed by atoms with E-state index in [-0.39, 0.29) is 18.2 Å². The van der Waals surface area contributed by atoms with Gasteiger partial charge in [-0.2, -0.15) is 0 Å². The highest BCUT2D eigenvalue weighted by atomic mass is 32.2. The van der Waals surface area contributed by atoms with Crippen molar-refractivity contribution in [2.75, 3.05) is 19.3 Å². The van der Waals surface area contributed by atoms with Gasteiger partial charge >= 0.3 is 5.97 Å². The number of carbonyl (C=O) groups excluding carboxylic acids is 1. The molecule has 2 atom stereocenters. The van der Waals surface area contributed by atoms with Gasteiger partial charge in [0.15, 0.2) is 9.84 Å². The van der Waals surface area contributed by atoms with Crippen molar-refractivity contribution in [2.45, 2.75) is 31.4 Å². The molecule has 1 N–H and O–H groups in total. The normalized spacial score (nSPS) is 21.9. The number of amides is 1. The van der Waals surface area contributed by atoms with Gasteiger partial charge in [0, 0.05) is 25.8 Å². The Bertz CT molecular complexity index is 431. The lowest BCUT2D eigenvalue weighted by atomic mass is 10.0. The van der Waals surface area contributed by atoms with Gasteiger partial charge in [0.1, 0.15) is 5.25 Å². The van der Waals surface area contributed by atoms with Crippen LogP contribution in [0.25, 0.3) is 0 Å². The molecule has 0 aromatic rings. The molecule has 1 fully saturated rings. The fourth-order valence-corrected chi connectivity index (χ4v) is 2.55. The second-order valence-corrected chi connectivity index (χ2v) is 7.21. The van der Waals surface area contributed by atoms with Crippen LogP contribution in [-0.2, 0) is 19.4 Å². The molecular formula is C11H19NO5S. The summed E-state index contributed by atoms with van der Waals surface area (Å²) in [5, 5.41) is 7.57. The van der Waals surface area contributed by atoms with Gasteiger partial charge in [0.25, 0.3) is 0 Å². The zero-order valence-corrected chi connectivity index (χ0v) is 11.4. The summed E-state index contributed by atoms with van der Waals surface area (Å²) in [6.07, 6.45) is 2.42. The number of rotatable bonds is 5. The van der Waals surface area contributed by atoms with Crippen LogP contribution < -0.4 is 0 Å². The number of likely N-dealkylation sites (tertiary alicyclic amines) is 1. The van der Waals surface area contributed by atoms with Crippen LogP contribution >= 0.6 is 0 Å². The van der Waals surface area contributed by atoms with E-state index in [1.807, 2.05) is 0 Å². The maximum atomic E-state index is 11.9. The van der Waals surface area contributed by atoms with E-state index in [1.54, 1.807) is 0 Å². The predicted molar refractivity (Wildman–Crippen MR) is 65.9 cm³/mol. The van der Waals surface area contributed by atoms with Crippen molar-refractivity contribution in [3.05, 3.63) is 0 Å². The Morgan fingerprint density at radius 3 is 2.56 bits per heavy atom. The van der Waals surface area contributed by atoms with Crippen molar-refractivity contribution < 1.29 is 23.1 Å². The third-order valence-electron chi connectivity index (χ3n) is 3.35. The van der Waals surface area contributed by atoms with Gasteiger partial charge in [0.2, 0.25) is 5.91 Å². The Morgan fingerprint density at radius 1 is 1.44 bits per heavy atom. The second kappa shape index (κ2) is 5.69. The van der Waals surface area contributed by atoms with E-state index >= 15 is 0 Å². The predicted octanol–water partition coefficient (Wildman–Crippen LogP) is 0.133. The van der Waals surface area contributed by atoms with Gasteiger partial charge in [0.05, 0.1) is 0 Å². The Balaban J connectivity index is 2.51. The Kier molecular flexibility index (Phi) is 4.72. The molecule has 0 aromatic carbocycles. The molecule has 0 aromatic heterocycles. The maximum Gasteiger partial charge on any atom is 0.303 e. The summed E-state index contributed by atoms with van der Waals surface area (Å²) in [7, 11) is -3.37. The lowest BCUT2D eigenvalue weighted by Gasteiger charge is -2.19. The molecule has 0 saturated carbocycles. The fourth-order valence-electron chi connectivity index (χ4n) is 2.04. The van der Waals surface area contributed by atoms with Crippen LogP contribution in [0.5, 0.6) is 0 Å². The number of carbonyl (C=O) groups is 2. The lowest BCUT2D eigenvalue weighted by molar-refractivity contribution is -0.137. The van der Waals surface area contributed by atoms with Crippen molar-refractivity contribution in [2.24, 2.45) is 5.92 Å². The first-order chi connectivity index (χ1) is 8.21.